The number of pyridine rings is 1. The van der Waals surface area contributed by atoms with Gasteiger partial charge in [0.25, 0.3) is 0 Å². The number of para-hydroxylation sites is 1. The highest BCUT2D eigenvalue weighted by molar-refractivity contribution is 6.42. The highest BCUT2D eigenvalue weighted by Crippen LogP contribution is 2.41. The molecule has 0 unspecified atom stereocenters. The second-order valence-electron chi connectivity index (χ2n) is 15.6. The van der Waals surface area contributed by atoms with Gasteiger partial charge in [-0.3, -0.25) is 9.78 Å². The first kappa shape index (κ1) is 42.9. The summed E-state index contributed by atoms with van der Waals surface area (Å²) in [5, 5.41) is 16.9. The fourth-order valence-electron chi connectivity index (χ4n) is 7.49. The number of rotatable bonds is 12. The summed E-state index contributed by atoms with van der Waals surface area (Å²) in [5.41, 5.74) is 7.19. The van der Waals surface area contributed by atoms with Gasteiger partial charge in [-0.25, -0.2) is 9.59 Å². The molecule has 14 heteroatoms. The third-order valence-corrected chi connectivity index (χ3v) is 12.0. The van der Waals surface area contributed by atoms with Crippen molar-refractivity contribution in [3.63, 3.8) is 0 Å². The maximum Gasteiger partial charge on any atom is 0.326 e. The quantitative estimate of drug-likeness (QED) is 0.109. The van der Waals surface area contributed by atoms with Crippen LogP contribution in [-0.2, 0) is 35.6 Å². The Morgan fingerprint density at radius 1 is 0.857 bits per heavy atom. The summed E-state index contributed by atoms with van der Waals surface area (Å²) in [4.78, 5) is 46.6. The second-order valence-corrected chi connectivity index (χ2v) is 16.4. The molecule has 0 fully saturated rings. The predicted molar refractivity (Wildman–Crippen MR) is 239 cm³/mol. The van der Waals surface area contributed by atoms with Crippen LogP contribution in [0.25, 0.3) is 0 Å². The molecule has 2 aliphatic rings. The van der Waals surface area contributed by atoms with Crippen LogP contribution in [0.1, 0.15) is 50.7 Å². The smallest absolute Gasteiger partial charge is 0.326 e. The molecule has 3 heterocycles. The van der Waals surface area contributed by atoms with Crippen molar-refractivity contribution >= 4 is 46.8 Å². The van der Waals surface area contributed by atoms with Crippen molar-refractivity contribution in [2.45, 2.75) is 65.0 Å². The van der Waals surface area contributed by atoms with Crippen LogP contribution in [0.3, 0.4) is 0 Å². The van der Waals surface area contributed by atoms with Gasteiger partial charge >= 0.3 is 12.0 Å². The monoisotopic (exact) mass is 886 g/mol. The maximum atomic E-state index is 14.2. The number of urea groups is 1. The molecule has 0 aliphatic carbocycles. The minimum Gasteiger partial charge on any atom is -0.489 e. The number of carbonyl (C=O) groups excluding carboxylic acids is 2. The number of aromatic nitrogens is 1. The summed E-state index contributed by atoms with van der Waals surface area (Å²) in [6.45, 7) is 6.31. The molecule has 3 N–H and O–H groups in total. The first-order chi connectivity index (χ1) is 30.4. The molecule has 3 atom stereocenters. The molecule has 5 aromatic carbocycles. The number of hydrogen-bond donors (Lipinski definition) is 3. The number of anilines is 1. The number of carboxylic acids is 1. The number of aryl methyl sites for hydroxylation is 2. The molecule has 6 aromatic rings. The van der Waals surface area contributed by atoms with Gasteiger partial charge in [0, 0.05) is 42.5 Å². The lowest BCUT2D eigenvalue weighted by atomic mass is 9.92. The third kappa shape index (κ3) is 9.98. The number of carbonyl (C=O) groups is 3. The van der Waals surface area contributed by atoms with Gasteiger partial charge in [0.15, 0.2) is 17.6 Å². The summed E-state index contributed by atoms with van der Waals surface area (Å²) in [6, 6.07) is 29.9. The van der Waals surface area contributed by atoms with E-state index in [-0.39, 0.29) is 26.0 Å². The van der Waals surface area contributed by atoms with Gasteiger partial charge in [-0.2, -0.15) is 0 Å². The zero-order chi connectivity index (χ0) is 44.2. The summed E-state index contributed by atoms with van der Waals surface area (Å²) in [7, 11) is 0. The molecule has 8 rings (SSSR count). The molecular weight excluding hydrogens is 843 g/mol. The van der Waals surface area contributed by atoms with Crippen LogP contribution in [-0.4, -0.2) is 51.6 Å². The van der Waals surface area contributed by atoms with Gasteiger partial charge in [-0.15, -0.1) is 0 Å². The van der Waals surface area contributed by atoms with Crippen LogP contribution in [0, 0.1) is 20.8 Å². The lowest BCUT2D eigenvalue weighted by molar-refractivity contribution is -0.142. The Bertz CT molecular complexity index is 2680. The summed E-state index contributed by atoms with van der Waals surface area (Å²) < 4.78 is 24.7. The Labute approximate surface area is 374 Å². The number of halogens is 2. The van der Waals surface area contributed by atoms with Crippen LogP contribution in [0.2, 0.25) is 10.0 Å². The SMILES string of the molecule is Cc1ccccc1NC(=O)N1Cc2cc3c(cc2C[C@H]1C(=O)N[C@@H](Cc1ccc(Oc2ccnc(C)c2C)cc1)C(=O)O)OC[C@H](c1ccc(OCc2ccc(Cl)c(Cl)c2)cc1)O3. The van der Waals surface area contributed by atoms with Crippen molar-refractivity contribution in [2.24, 2.45) is 0 Å². The van der Waals surface area contributed by atoms with E-state index in [0.717, 1.165) is 39.1 Å². The van der Waals surface area contributed by atoms with E-state index in [9.17, 15) is 19.5 Å². The fourth-order valence-corrected chi connectivity index (χ4v) is 7.81. The molecule has 12 nitrogen and oxygen atoms in total. The Kier molecular flexibility index (Phi) is 12.7. The first-order valence-corrected chi connectivity index (χ1v) is 21.1. The van der Waals surface area contributed by atoms with Gasteiger partial charge in [0.2, 0.25) is 5.91 Å². The van der Waals surface area contributed by atoms with Crippen molar-refractivity contribution in [1.29, 1.82) is 0 Å². The fraction of sp³-hybridized carbons (Fsp3) is 0.224. The Hall–Kier alpha value is -6.76. The van der Waals surface area contributed by atoms with Gasteiger partial charge in [-0.1, -0.05) is 71.7 Å². The molecular formula is C49H44Cl2N4O8. The number of hydrogen-bond acceptors (Lipinski definition) is 8. The maximum absolute atomic E-state index is 14.2. The molecule has 2 aliphatic heterocycles. The summed E-state index contributed by atoms with van der Waals surface area (Å²) >= 11 is 12.2. The van der Waals surface area contributed by atoms with Gasteiger partial charge < -0.3 is 39.6 Å². The van der Waals surface area contributed by atoms with Crippen LogP contribution in [0.15, 0.2) is 115 Å². The average Bonchev–Trinajstić information content (AvgIpc) is 3.28. The Balaban J connectivity index is 0.974. The number of nitrogens with zero attached hydrogens (tertiary/aromatic N) is 2. The van der Waals surface area contributed by atoms with E-state index in [1.165, 1.54) is 4.90 Å². The third-order valence-electron chi connectivity index (χ3n) is 11.3. The van der Waals surface area contributed by atoms with E-state index in [4.69, 9.17) is 42.1 Å². The van der Waals surface area contributed by atoms with Crippen LogP contribution >= 0.6 is 23.2 Å². The van der Waals surface area contributed by atoms with E-state index in [0.29, 0.717) is 56.7 Å². The number of aliphatic carboxylic acids is 1. The highest BCUT2D eigenvalue weighted by Gasteiger charge is 2.38. The normalized spacial score (nSPS) is 15.7. The van der Waals surface area contributed by atoms with E-state index in [2.05, 4.69) is 15.6 Å². The average molecular weight is 888 g/mol. The number of carboxylic acid groups (broad SMARTS) is 1. The zero-order valence-electron chi connectivity index (χ0n) is 34.7. The van der Waals surface area contributed by atoms with Crippen molar-refractivity contribution in [1.82, 2.24) is 15.2 Å². The van der Waals surface area contributed by atoms with E-state index >= 15 is 0 Å². The lowest BCUT2D eigenvalue weighted by Gasteiger charge is -2.37. The summed E-state index contributed by atoms with van der Waals surface area (Å²) in [5.74, 6) is 1.11. The number of fused-ring (bicyclic) bond motifs is 2. The molecule has 322 valence electrons. The Morgan fingerprint density at radius 3 is 2.33 bits per heavy atom. The van der Waals surface area contributed by atoms with E-state index < -0.39 is 36.1 Å². The topological polar surface area (TPSA) is 149 Å². The van der Waals surface area contributed by atoms with Crippen LogP contribution < -0.4 is 29.6 Å². The minimum atomic E-state index is -1.28. The van der Waals surface area contributed by atoms with Crippen LogP contribution in [0.5, 0.6) is 28.7 Å². The first-order valence-electron chi connectivity index (χ1n) is 20.4. The predicted octanol–water partition coefficient (Wildman–Crippen LogP) is 9.97. The molecule has 0 spiro atoms. The highest BCUT2D eigenvalue weighted by atomic mass is 35.5. The molecule has 63 heavy (non-hydrogen) atoms. The van der Waals surface area contributed by atoms with Crippen LogP contribution in [0.4, 0.5) is 10.5 Å². The molecule has 1 aromatic heterocycles. The second kappa shape index (κ2) is 18.7. The molecule has 0 saturated heterocycles. The van der Waals surface area contributed by atoms with Crippen molar-refractivity contribution in [3.05, 3.63) is 170 Å². The molecule has 0 bridgehead atoms. The summed E-state index contributed by atoms with van der Waals surface area (Å²) in [6.07, 6.45) is 1.37. The minimum absolute atomic E-state index is 0.00178. The lowest BCUT2D eigenvalue weighted by Crippen LogP contribution is -2.56. The van der Waals surface area contributed by atoms with Gasteiger partial charge in [-0.05, 0) is 115 Å². The van der Waals surface area contributed by atoms with Crippen molar-refractivity contribution < 1.29 is 38.4 Å². The Morgan fingerprint density at radius 2 is 1.59 bits per heavy atom. The molecule has 0 saturated carbocycles. The zero-order valence-corrected chi connectivity index (χ0v) is 36.2. The standard InChI is InChI=1S/C49H44Cl2N4O8/c1-28-6-4-5-7-40(28)54-49(59)55-25-35-24-45-44(61-27-46(63-45)33-11-15-36(16-12-33)60-26-32-10-17-38(50)39(51)20-32)23-34(35)22-42(55)47(56)53-41(48(57)58)21-31-8-13-37(14-9-31)62-43-18-19-52-30(3)29(43)2/h4-20,23-24,41-42,46H,21-22,25-27H2,1-3H3,(H,53,56)(H,54,59)(H,57,58)/t41-,42-,46+/m0/s1. The number of ether oxygens (including phenoxy) is 4. The van der Waals surface area contributed by atoms with Gasteiger partial charge in [0.1, 0.15) is 42.5 Å². The largest absolute Gasteiger partial charge is 0.489 e. The van der Waals surface area contributed by atoms with Gasteiger partial charge in [0.05, 0.1) is 10.0 Å². The molecule has 0 radical (unpaired) electrons. The molecule has 3 amide bonds. The number of benzene rings is 5. The van der Waals surface area contributed by atoms with Crippen molar-refractivity contribution in [2.75, 3.05) is 11.9 Å². The number of amides is 3. The van der Waals surface area contributed by atoms with E-state index in [1.807, 2.05) is 81.4 Å². The van der Waals surface area contributed by atoms with E-state index in [1.54, 1.807) is 54.7 Å². The number of nitrogens with one attached hydrogen (secondary N) is 2. The van der Waals surface area contributed by atoms with Crippen molar-refractivity contribution in [3.8, 4) is 28.7 Å².